The molecule has 9 heteroatoms. The van der Waals surface area contributed by atoms with Gasteiger partial charge in [-0.1, -0.05) is 0 Å². The molecule has 0 spiro atoms. The Hall–Kier alpha value is -0.810. The molecule has 0 unspecified atom stereocenters. The number of carbonyl (C=O) groups is 1. The molecule has 152 valence electrons. The van der Waals surface area contributed by atoms with E-state index in [-0.39, 0.29) is 37.0 Å². The van der Waals surface area contributed by atoms with E-state index in [2.05, 4.69) is 16.8 Å². The van der Waals surface area contributed by atoms with Crippen LogP contribution in [0.2, 0.25) is 0 Å². The second kappa shape index (κ2) is 9.93. The molecule has 0 aromatic rings. The number of quaternary nitrogens is 3. The number of nitrogens with two attached hydrogens (primary N) is 1. The third-order valence-corrected chi connectivity index (χ3v) is 5.54. The zero-order chi connectivity index (χ0) is 19.3. The van der Waals surface area contributed by atoms with E-state index < -0.39 is 18.2 Å². The van der Waals surface area contributed by atoms with Crippen LogP contribution in [0.25, 0.3) is 0 Å². The predicted molar refractivity (Wildman–Crippen MR) is 92.5 cm³/mol. The van der Waals surface area contributed by atoms with Gasteiger partial charge in [0.2, 0.25) is 0 Å². The molecule has 0 aromatic heterocycles. The van der Waals surface area contributed by atoms with Gasteiger partial charge in [-0.25, -0.2) is 0 Å². The van der Waals surface area contributed by atoms with Crippen LogP contribution in [-0.4, -0.2) is 93.0 Å². The summed E-state index contributed by atoms with van der Waals surface area (Å²) in [6.07, 6.45) is 1.63. The van der Waals surface area contributed by atoms with Crippen LogP contribution < -0.4 is 16.8 Å². The zero-order valence-corrected chi connectivity index (χ0v) is 16.3. The van der Waals surface area contributed by atoms with Gasteiger partial charge in [-0.15, -0.1) is 0 Å². The second-order valence-electron chi connectivity index (χ2n) is 7.37. The van der Waals surface area contributed by atoms with Crippen LogP contribution >= 0.6 is 0 Å². The molecule has 2 rings (SSSR count). The van der Waals surface area contributed by atoms with Crippen LogP contribution in [-0.2, 0) is 19.0 Å². The van der Waals surface area contributed by atoms with E-state index >= 15 is 0 Å². The molecule has 9 nitrogen and oxygen atoms in total. The fraction of sp³-hybridized carbons (Fsp3) is 0.941. The number of ether oxygens (including phenoxy) is 3. The smallest absolute Gasteiger partial charge is 0.277 e. The minimum atomic E-state index is -0.890. The molecule has 26 heavy (non-hydrogen) atoms. The first-order chi connectivity index (χ1) is 12.4. The number of rotatable bonds is 7. The minimum Gasteiger partial charge on any atom is -0.388 e. The van der Waals surface area contributed by atoms with E-state index in [0.717, 1.165) is 25.8 Å². The number of carbonyl (C=O) groups excluding carboxylic acids is 1. The van der Waals surface area contributed by atoms with Crippen LogP contribution in [0.1, 0.15) is 25.7 Å². The number of hydrogen-bond donors (Lipinski definition) is 4. The molecule has 9 N–H and O–H groups in total. The van der Waals surface area contributed by atoms with Crippen molar-refractivity contribution in [1.29, 1.82) is 0 Å². The molecule has 0 aromatic carbocycles. The van der Waals surface area contributed by atoms with Crippen molar-refractivity contribution in [2.45, 2.75) is 68.5 Å². The van der Waals surface area contributed by atoms with Gasteiger partial charge in [-0.05, 0) is 19.3 Å². The fourth-order valence-electron chi connectivity index (χ4n) is 4.09. The van der Waals surface area contributed by atoms with E-state index in [0.29, 0.717) is 6.42 Å². The summed E-state index contributed by atoms with van der Waals surface area (Å²) in [6, 6.07) is -0.628. The van der Waals surface area contributed by atoms with E-state index in [4.69, 9.17) is 14.2 Å². The van der Waals surface area contributed by atoms with Crippen LogP contribution in [0, 0.1) is 0 Å². The van der Waals surface area contributed by atoms with Crippen molar-refractivity contribution < 1.29 is 40.9 Å². The maximum atomic E-state index is 12.1. The first-order valence-electron chi connectivity index (χ1n) is 9.60. The standard InChI is InChI=1S/C17H34N4O5/c1-20-9-10-5-4-6-14(25-10)26-17-11(19)7-12(24-3)15(16(17)23)21(2)13(22)8-18/h10-12,14-17,20,23H,4-9,18-19H2,1-3H3/p+3/t10-,11-,12-,14+,15+,16+,17+/m0/s1. The molecule has 0 bridgehead atoms. The molecule has 1 aliphatic heterocycles. The number of likely N-dealkylation sites (N-methyl/N-ethyl adjacent to an activating group) is 2. The summed E-state index contributed by atoms with van der Waals surface area (Å²) < 4.78 is 17.7. The summed E-state index contributed by atoms with van der Waals surface area (Å²) in [5.41, 5.74) is 7.82. The monoisotopic (exact) mass is 377 g/mol. The van der Waals surface area contributed by atoms with Crippen molar-refractivity contribution in [2.75, 3.05) is 34.3 Å². The maximum absolute atomic E-state index is 12.1. The molecular formula is C17H37N4O5+3. The van der Waals surface area contributed by atoms with Gasteiger partial charge < -0.3 is 41.0 Å². The largest absolute Gasteiger partial charge is 0.388 e. The first kappa shape index (κ1) is 21.5. The number of aliphatic hydroxyl groups excluding tert-OH is 1. The highest BCUT2D eigenvalue weighted by atomic mass is 16.7. The van der Waals surface area contributed by atoms with Crippen molar-refractivity contribution in [2.24, 2.45) is 0 Å². The van der Waals surface area contributed by atoms with Gasteiger partial charge >= 0.3 is 0 Å². The van der Waals surface area contributed by atoms with Gasteiger partial charge in [-0.3, -0.25) is 4.79 Å². The molecule has 1 heterocycles. The van der Waals surface area contributed by atoms with E-state index in [1.54, 1.807) is 14.2 Å². The fourth-order valence-corrected chi connectivity index (χ4v) is 4.09. The van der Waals surface area contributed by atoms with Gasteiger partial charge in [0.25, 0.3) is 5.91 Å². The third-order valence-electron chi connectivity index (χ3n) is 5.54. The molecule has 2 aliphatic rings. The topological polar surface area (TPSA) is 140 Å². The zero-order valence-electron chi connectivity index (χ0n) is 16.3. The van der Waals surface area contributed by atoms with Crippen molar-refractivity contribution >= 4 is 5.91 Å². The lowest BCUT2D eigenvalue weighted by Gasteiger charge is -2.45. The molecule has 2 fully saturated rings. The Bertz CT molecular complexity index is 453. The molecule has 1 amide bonds. The Kier molecular flexibility index (Phi) is 8.21. The average molecular weight is 378 g/mol. The number of nitrogens with zero attached hydrogens (tertiary/aromatic N) is 1. The molecular weight excluding hydrogens is 340 g/mol. The molecule has 1 saturated carbocycles. The quantitative estimate of drug-likeness (QED) is 0.357. The predicted octanol–water partition coefficient (Wildman–Crippen LogP) is -4.08. The molecule has 7 atom stereocenters. The Morgan fingerprint density at radius 3 is 2.77 bits per heavy atom. The lowest BCUT2D eigenvalue weighted by molar-refractivity contribution is -0.636. The lowest BCUT2D eigenvalue weighted by atomic mass is 9.83. The summed E-state index contributed by atoms with van der Waals surface area (Å²) >= 11 is 0. The number of aliphatic hydroxyl groups is 1. The average Bonchev–Trinajstić information content (AvgIpc) is 2.64. The summed E-state index contributed by atoms with van der Waals surface area (Å²) in [5.74, 6) is -0.134. The van der Waals surface area contributed by atoms with Gasteiger partial charge in [0.05, 0.1) is 19.2 Å². The van der Waals surface area contributed by atoms with E-state index in [9.17, 15) is 9.90 Å². The van der Waals surface area contributed by atoms with Crippen LogP contribution in [0.4, 0.5) is 0 Å². The number of hydrogen-bond acceptors (Lipinski definition) is 5. The Morgan fingerprint density at radius 1 is 1.42 bits per heavy atom. The highest BCUT2D eigenvalue weighted by Crippen LogP contribution is 2.29. The Balaban J connectivity index is 2.08. The minimum absolute atomic E-state index is 0.134. The summed E-state index contributed by atoms with van der Waals surface area (Å²) in [6.45, 7) is 1.03. The molecule has 1 aliphatic carbocycles. The third kappa shape index (κ3) is 4.92. The second-order valence-corrected chi connectivity index (χ2v) is 7.37. The molecule has 1 saturated heterocycles. The van der Waals surface area contributed by atoms with E-state index in [1.165, 1.54) is 4.90 Å². The van der Waals surface area contributed by atoms with Crippen molar-refractivity contribution in [3.8, 4) is 0 Å². The first-order valence-corrected chi connectivity index (χ1v) is 9.60. The lowest BCUT2D eigenvalue weighted by Crippen LogP contribution is -2.82. The maximum Gasteiger partial charge on any atom is 0.277 e. The van der Waals surface area contributed by atoms with Crippen LogP contribution in [0.5, 0.6) is 0 Å². The SMILES string of the molecule is C[NH2+]C[C@@H]1CCC[C@@H](O[C@H]2[C@H](O)[C@H](N(C)C(=O)C[NH3+])[C@@H](OC)C[C@@H]2[NH3+])O1. The van der Waals surface area contributed by atoms with Gasteiger partial charge in [0.1, 0.15) is 30.9 Å². The molecule has 0 radical (unpaired) electrons. The van der Waals surface area contributed by atoms with E-state index in [1.807, 2.05) is 7.05 Å². The van der Waals surface area contributed by atoms with Gasteiger partial charge in [-0.2, -0.15) is 0 Å². The van der Waals surface area contributed by atoms with Crippen LogP contribution in [0.15, 0.2) is 0 Å². The highest BCUT2D eigenvalue weighted by molar-refractivity contribution is 5.77. The normalized spacial score (nSPS) is 38.2. The highest BCUT2D eigenvalue weighted by Gasteiger charge is 2.49. The summed E-state index contributed by atoms with van der Waals surface area (Å²) in [7, 11) is 5.30. The van der Waals surface area contributed by atoms with Crippen molar-refractivity contribution in [3.05, 3.63) is 0 Å². The van der Waals surface area contributed by atoms with Crippen molar-refractivity contribution in [1.82, 2.24) is 4.90 Å². The van der Waals surface area contributed by atoms with Crippen LogP contribution in [0.3, 0.4) is 0 Å². The Labute approximate surface area is 155 Å². The summed E-state index contributed by atoms with van der Waals surface area (Å²) in [4.78, 5) is 13.7. The van der Waals surface area contributed by atoms with Gasteiger partial charge in [0, 0.05) is 20.6 Å². The Morgan fingerprint density at radius 2 is 2.15 bits per heavy atom. The number of amides is 1. The van der Waals surface area contributed by atoms with Crippen molar-refractivity contribution in [3.63, 3.8) is 0 Å². The summed E-state index contributed by atoms with van der Waals surface area (Å²) in [5, 5.41) is 13.1. The number of methoxy groups -OCH3 is 1. The van der Waals surface area contributed by atoms with Gasteiger partial charge in [0.15, 0.2) is 12.8 Å².